The second-order valence-corrected chi connectivity index (χ2v) is 15.3. The number of rotatable bonds is 6. The van der Waals surface area contributed by atoms with Crippen molar-refractivity contribution in [3.8, 4) is 23.0 Å². The van der Waals surface area contributed by atoms with E-state index in [2.05, 4.69) is 25.1 Å². The number of carbonyl (C=O) groups is 1. The van der Waals surface area contributed by atoms with Crippen LogP contribution in [0.25, 0.3) is 32.9 Å². The zero-order chi connectivity index (χ0) is 34.1. The molecule has 1 aliphatic carbocycles. The molecule has 4 fully saturated rings. The molecule has 2 aromatic heterocycles. The summed E-state index contributed by atoms with van der Waals surface area (Å²) in [6.07, 6.45) is 4.30. The average molecular weight is 673 g/mol. The molecule has 1 amide bonds. The molecule has 10 nitrogen and oxygen atoms in total. The predicted molar refractivity (Wildman–Crippen MR) is 182 cm³/mol. The third kappa shape index (κ3) is 5.87. The second kappa shape index (κ2) is 11.9. The summed E-state index contributed by atoms with van der Waals surface area (Å²) < 4.78 is 43.2. The van der Waals surface area contributed by atoms with E-state index in [1.807, 2.05) is 45.0 Å². The zero-order valence-electron chi connectivity index (χ0n) is 28.1. The van der Waals surface area contributed by atoms with E-state index >= 15 is 4.39 Å². The van der Waals surface area contributed by atoms with Gasteiger partial charge in [-0.2, -0.15) is 9.97 Å². The van der Waals surface area contributed by atoms with Gasteiger partial charge in [0.2, 0.25) is 0 Å². The summed E-state index contributed by atoms with van der Waals surface area (Å²) in [4.78, 5) is 31.1. The Kier molecular flexibility index (Phi) is 7.77. The normalized spacial score (nSPS) is 26.8. The number of halogens is 2. The van der Waals surface area contributed by atoms with Crippen LogP contribution in [0.15, 0.2) is 42.6 Å². The molecule has 2 unspecified atom stereocenters. The highest BCUT2D eigenvalue weighted by Crippen LogP contribution is 2.43. The van der Waals surface area contributed by atoms with E-state index in [-0.39, 0.29) is 47.5 Å². The van der Waals surface area contributed by atoms with Gasteiger partial charge >= 0.3 is 12.1 Å². The number of alkyl carbamates (subject to hydrolysis) is 1. The number of carbonyl (C=O) groups excluding carboxylic acids is 1. The largest absolute Gasteiger partial charge is 0.508 e. The number of aromatic hydroxyl groups is 1. The molecule has 0 spiro atoms. The molecule has 258 valence electrons. The van der Waals surface area contributed by atoms with Gasteiger partial charge in [0.25, 0.3) is 0 Å². The number of amides is 1. The van der Waals surface area contributed by atoms with Gasteiger partial charge in [0.1, 0.15) is 41.2 Å². The van der Waals surface area contributed by atoms with E-state index in [0.29, 0.717) is 42.8 Å². The number of nitrogens with one attached hydrogen (secondary N) is 1. The maximum absolute atomic E-state index is 16.8. The lowest BCUT2D eigenvalue weighted by Gasteiger charge is -2.39. The van der Waals surface area contributed by atoms with Gasteiger partial charge in [0.05, 0.1) is 10.9 Å². The minimum Gasteiger partial charge on any atom is -0.508 e. The first-order valence-corrected chi connectivity index (χ1v) is 17.3. The molecule has 49 heavy (non-hydrogen) atoms. The number of nitrogens with zero attached hydrogens (tertiary/aromatic N) is 5. The van der Waals surface area contributed by atoms with Crippen LogP contribution < -0.4 is 15.0 Å². The summed E-state index contributed by atoms with van der Waals surface area (Å²) in [5.41, 5.74) is -0.448. The van der Waals surface area contributed by atoms with Crippen LogP contribution in [-0.4, -0.2) is 87.2 Å². The Bertz CT molecular complexity index is 1920. The summed E-state index contributed by atoms with van der Waals surface area (Å²) in [5, 5.41) is 15.6. The van der Waals surface area contributed by atoms with Crippen molar-refractivity contribution in [3.63, 3.8) is 0 Å². The number of aromatic nitrogens is 3. The maximum atomic E-state index is 16.8. The van der Waals surface area contributed by atoms with Crippen LogP contribution in [0, 0.1) is 17.7 Å². The molecule has 1 saturated carbocycles. The van der Waals surface area contributed by atoms with Crippen LogP contribution in [0.3, 0.4) is 0 Å². The van der Waals surface area contributed by atoms with Crippen molar-refractivity contribution in [2.24, 2.45) is 11.8 Å². The highest BCUT2D eigenvalue weighted by molar-refractivity contribution is 5.99. The van der Waals surface area contributed by atoms with Crippen LogP contribution in [0.2, 0.25) is 0 Å². The number of pyridine rings is 1. The number of hydrogen-bond acceptors (Lipinski definition) is 9. The fraction of sp³-hybridized carbons (Fsp3) is 0.514. The van der Waals surface area contributed by atoms with Crippen molar-refractivity contribution < 1.29 is 28.2 Å². The highest BCUT2D eigenvalue weighted by atomic mass is 19.1. The van der Waals surface area contributed by atoms with E-state index in [1.165, 1.54) is 6.07 Å². The van der Waals surface area contributed by atoms with E-state index in [0.717, 1.165) is 43.0 Å². The third-order valence-corrected chi connectivity index (χ3v) is 10.8. The van der Waals surface area contributed by atoms with Crippen molar-refractivity contribution in [2.75, 3.05) is 37.7 Å². The molecule has 4 atom stereocenters. The number of benzene rings is 2. The second-order valence-electron chi connectivity index (χ2n) is 15.3. The SMILES string of the molecule is CC(C)(C)OC(=O)NC1C2CCC1CN(c1nc(OC[C@@]34CCCN3C[C@H](F)C4)nc3c(F)c(-c4cc(O)cc5ccccc45)ncc13)C2. The summed E-state index contributed by atoms with van der Waals surface area (Å²) in [5.74, 6) is 0.159. The fourth-order valence-electron chi connectivity index (χ4n) is 8.73. The Morgan fingerprint density at radius 1 is 1.10 bits per heavy atom. The number of fused-ring (bicyclic) bond motifs is 5. The Morgan fingerprint density at radius 3 is 2.65 bits per heavy atom. The first kappa shape index (κ1) is 31.9. The topological polar surface area (TPSA) is 113 Å². The number of anilines is 1. The standard InChI is InChI=1S/C37H42F2N6O4/c1-36(2,3)49-35(47)42-30-22-9-10-23(30)18-44(17-22)33-28-16-40-31(27-14-25(46)13-21-7-4-5-8-26(21)27)29(39)32(28)41-34(43-33)48-20-37-11-6-12-45(37)19-24(38)15-37/h4-5,7-8,13-14,16,22-24,30,46H,6,9-12,15,17-20H2,1-3H3,(H,42,47)/t22?,23?,24-,30?,37+/m1/s1. The number of phenolic OH excluding ortho intramolecular Hbond substituents is 1. The Morgan fingerprint density at radius 2 is 1.88 bits per heavy atom. The van der Waals surface area contributed by atoms with Crippen molar-refractivity contribution in [2.45, 2.75) is 76.2 Å². The lowest BCUT2D eigenvalue weighted by atomic mass is 9.92. The molecule has 4 aromatic rings. The smallest absolute Gasteiger partial charge is 0.407 e. The van der Waals surface area contributed by atoms with Crippen LogP contribution in [0.5, 0.6) is 11.8 Å². The van der Waals surface area contributed by atoms with Crippen LogP contribution >= 0.6 is 0 Å². The molecule has 8 rings (SSSR count). The first-order chi connectivity index (χ1) is 23.5. The summed E-state index contributed by atoms with van der Waals surface area (Å²) in [6.45, 7) is 8.14. The van der Waals surface area contributed by atoms with E-state index in [9.17, 15) is 14.3 Å². The number of alkyl halides is 1. The maximum Gasteiger partial charge on any atom is 0.407 e. The van der Waals surface area contributed by atoms with Crippen molar-refractivity contribution >= 4 is 33.6 Å². The van der Waals surface area contributed by atoms with Crippen molar-refractivity contribution in [1.82, 2.24) is 25.2 Å². The molecule has 3 saturated heterocycles. The van der Waals surface area contributed by atoms with Crippen LogP contribution in [0.1, 0.15) is 52.9 Å². The van der Waals surface area contributed by atoms with Crippen LogP contribution in [-0.2, 0) is 4.74 Å². The predicted octanol–water partition coefficient (Wildman–Crippen LogP) is 6.38. The lowest BCUT2D eigenvalue weighted by molar-refractivity contribution is 0.0472. The molecule has 5 heterocycles. The highest BCUT2D eigenvalue weighted by Gasteiger charge is 2.49. The Labute approximate surface area is 283 Å². The summed E-state index contributed by atoms with van der Waals surface area (Å²) >= 11 is 0. The van der Waals surface area contributed by atoms with Crippen molar-refractivity contribution in [3.05, 3.63) is 48.4 Å². The molecule has 2 bridgehead atoms. The van der Waals surface area contributed by atoms with Crippen molar-refractivity contribution in [1.29, 1.82) is 0 Å². The average Bonchev–Trinajstić information content (AvgIpc) is 3.64. The number of phenols is 1. The molecule has 4 aliphatic rings. The summed E-state index contributed by atoms with van der Waals surface area (Å²) in [7, 11) is 0. The van der Waals surface area contributed by atoms with Gasteiger partial charge in [0, 0.05) is 43.9 Å². The van der Waals surface area contributed by atoms with Gasteiger partial charge < -0.3 is 24.8 Å². The van der Waals surface area contributed by atoms with E-state index < -0.39 is 29.2 Å². The first-order valence-electron chi connectivity index (χ1n) is 17.3. The van der Waals surface area contributed by atoms with E-state index in [1.54, 1.807) is 12.3 Å². The third-order valence-electron chi connectivity index (χ3n) is 10.8. The van der Waals surface area contributed by atoms with Gasteiger partial charge in [0.15, 0.2) is 5.82 Å². The van der Waals surface area contributed by atoms with Gasteiger partial charge in [-0.1, -0.05) is 24.3 Å². The number of ether oxygens (including phenoxy) is 2. The van der Waals surface area contributed by atoms with Gasteiger partial charge in [-0.15, -0.1) is 0 Å². The Hall–Kier alpha value is -4.32. The molecular formula is C37H42F2N6O4. The molecule has 12 heteroatoms. The van der Waals surface area contributed by atoms with Crippen LogP contribution in [0.4, 0.5) is 19.4 Å². The summed E-state index contributed by atoms with van der Waals surface area (Å²) in [6, 6.07) is 10.6. The van der Waals surface area contributed by atoms with E-state index in [4.69, 9.17) is 14.5 Å². The van der Waals surface area contributed by atoms with Gasteiger partial charge in [-0.05, 0) is 87.7 Å². The molecule has 2 N–H and O–H groups in total. The molecule has 3 aliphatic heterocycles. The minimum atomic E-state index is -0.911. The molecule has 2 aromatic carbocycles. The number of piperidine rings is 1. The minimum absolute atomic E-state index is 0.00355. The fourth-order valence-corrected chi connectivity index (χ4v) is 8.73. The zero-order valence-corrected chi connectivity index (χ0v) is 28.1. The molecular weight excluding hydrogens is 630 g/mol. The number of hydrogen-bond donors (Lipinski definition) is 2. The van der Waals surface area contributed by atoms with Gasteiger partial charge in [-0.25, -0.2) is 13.6 Å². The van der Waals surface area contributed by atoms with Gasteiger partial charge in [-0.3, -0.25) is 9.88 Å². The lowest BCUT2D eigenvalue weighted by Crippen LogP contribution is -2.53. The molecule has 0 radical (unpaired) electrons. The monoisotopic (exact) mass is 672 g/mol. The quantitative estimate of drug-likeness (QED) is 0.241. The Balaban J connectivity index is 1.17.